The summed E-state index contributed by atoms with van der Waals surface area (Å²) in [5, 5.41) is 13.1. The second-order valence-electron chi connectivity index (χ2n) is 8.64. The van der Waals surface area contributed by atoms with Crippen LogP contribution in [0.4, 0.5) is 5.00 Å². The Morgan fingerprint density at radius 3 is 2.45 bits per heavy atom. The summed E-state index contributed by atoms with van der Waals surface area (Å²) in [6, 6.07) is 0. The number of carbonyl (C=O) groups excluding carboxylic acids is 2. The lowest BCUT2D eigenvalue weighted by molar-refractivity contribution is -0.151. The van der Waals surface area contributed by atoms with E-state index in [0.717, 1.165) is 55.4 Å². The number of carboxylic acids is 1. The quantitative estimate of drug-likeness (QED) is 0.615. The van der Waals surface area contributed by atoms with E-state index in [9.17, 15) is 19.5 Å². The Hall–Kier alpha value is -2.15. The molecule has 4 aliphatic rings. The second kappa shape index (κ2) is 7.94. The summed E-state index contributed by atoms with van der Waals surface area (Å²) in [7, 11) is 0. The lowest BCUT2D eigenvalue weighted by Gasteiger charge is -2.41. The van der Waals surface area contributed by atoms with Crippen molar-refractivity contribution in [1.29, 1.82) is 0 Å². The third-order valence-electron chi connectivity index (χ3n) is 6.88. The van der Waals surface area contributed by atoms with Crippen molar-refractivity contribution in [2.24, 2.45) is 35.3 Å². The summed E-state index contributed by atoms with van der Waals surface area (Å²) in [6.45, 7) is 2.18. The maximum atomic E-state index is 13.2. The number of hydrogen-bond acceptors (Lipinski definition) is 4. The zero-order chi connectivity index (χ0) is 20.7. The van der Waals surface area contributed by atoms with Crippen molar-refractivity contribution in [3.63, 3.8) is 0 Å². The van der Waals surface area contributed by atoms with Crippen LogP contribution in [-0.4, -0.2) is 22.9 Å². The van der Waals surface area contributed by atoms with E-state index in [1.807, 2.05) is 12.2 Å². The van der Waals surface area contributed by atoms with Crippen molar-refractivity contribution in [2.75, 3.05) is 5.32 Å². The molecule has 1 aromatic heterocycles. The van der Waals surface area contributed by atoms with Crippen molar-refractivity contribution in [1.82, 2.24) is 0 Å². The number of nitrogens with two attached hydrogens (primary N) is 1. The van der Waals surface area contributed by atoms with Crippen LogP contribution in [-0.2, 0) is 22.4 Å². The first-order chi connectivity index (χ1) is 13.9. The minimum atomic E-state index is -0.924. The van der Waals surface area contributed by atoms with Gasteiger partial charge in [0.2, 0.25) is 5.91 Å². The maximum absolute atomic E-state index is 13.2. The lowest BCUT2D eigenvalue weighted by atomic mass is 9.62. The van der Waals surface area contributed by atoms with Crippen LogP contribution in [0.1, 0.15) is 59.8 Å². The van der Waals surface area contributed by atoms with Gasteiger partial charge in [-0.05, 0) is 55.4 Å². The molecule has 1 aromatic rings. The molecular formula is C22H28N2O4S. The molecule has 0 radical (unpaired) electrons. The highest BCUT2D eigenvalue weighted by molar-refractivity contribution is 7.17. The first-order valence-electron chi connectivity index (χ1n) is 10.6. The van der Waals surface area contributed by atoms with E-state index in [4.69, 9.17) is 5.73 Å². The highest BCUT2D eigenvalue weighted by Crippen LogP contribution is 2.46. The molecular weight excluding hydrogens is 388 g/mol. The molecule has 1 fully saturated rings. The van der Waals surface area contributed by atoms with Crippen LogP contribution in [0, 0.1) is 29.6 Å². The average molecular weight is 417 g/mol. The Kier molecular flexibility index (Phi) is 5.51. The van der Waals surface area contributed by atoms with E-state index >= 15 is 0 Å². The summed E-state index contributed by atoms with van der Waals surface area (Å²) in [6.07, 6.45) is 10.6. The number of amides is 2. The Bertz CT molecular complexity index is 874. The average Bonchev–Trinajstić information content (AvgIpc) is 3.05. The van der Waals surface area contributed by atoms with Crippen LogP contribution in [0.3, 0.4) is 0 Å². The van der Waals surface area contributed by atoms with E-state index in [1.54, 1.807) is 0 Å². The molecule has 4 N–H and O–H groups in total. The van der Waals surface area contributed by atoms with E-state index in [0.29, 0.717) is 16.5 Å². The van der Waals surface area contributed by atoms with Crippen LogP contribution in [0.15, 0.2) is 12.2 Å². The van der Waals surface area contributed by atoms with Crippen molar-refractivity contribution in [3.05, 3.63) is 28.2 Å². The van der Waals surface area contributed by atoms with Crippen LogP contribution in [0.25, 0.3) is 0 Å². The molecule has 5 rings (SSSR count). The van der Waals surface area contributed by atoms with E-state index < -0.39 is 23.7 Å². The molecule has 156 valence electrons. The Morgan fingerprint density at radius 2 is 1.86 bits per heavy atom. The van der Waals surface area contributed by atoms with E-state index in [1.165, 1.54) is 11.3 Å². The van der Waals surface area contributed by atoms with Gasteiger partial charge in [0.1, 0.15) is 5.00 Å². The minimum absolute atomic E-state index is 0.0679. The van der Waals surface area contributed by atoms with Gasteiger partial charge in [0.25, 0.3) is 5.91 Å². The molecule has 0 saturated heterocycles. The smallest absolute Gasteiger partial charge is 0.307 e. The number of nitrogens with one attached hydrogen (secondary N) is 1. The van der Waals surface area contributed by atoms with Gasteiger partial charge in [-0.1, -0.05) is 31.9 Å². The predicted molar refractivity (Wildman–Crippen MR) is 112 cm³/mol. The van der Waals surface area contributed by atoms with Gasteiger partial charge in [-0.15, -0.1) is 11.3 Å². The summed E-state index contributed by atoms with van der Waals surface area (Å²) in [4.78, 5) is 38.4. The SMILES string of the molecule is CCC[C@@H]1CCc2c(sc(NC(=O)[C@@H]3[C@@H](C(=O)O)[C@H]4C=C[C@H]3CC4)c2C(N)=O)C1. The van der Waals surface area contributed by atoms with Crippen LogP contribution < -0.4 is 11.1 Å². The number of rotatable bonds is 6. The number of carbonyl (C=O) groups is 3. The molecule has 2 amide bonds. The summed E-state index contributed by atoms with van der Waals surface area (Å²) >= 11 is 1.44. The lowest BCUT2D eigenvalue weighted by Crippen LogP contribution is -2.47. The summed E-state index contributed by atoms with van der Waals surface area (Å²) in [5.41, 5.74) is 7.08. The predicted octanol–water partition coefficient (Wildman–Crippen LogP) is 3.60. The van der Waals surface area contributed by atoms with Crippen LogP contribution >= 0.6 is 11.3 Å². The third kappa shape index (κ3) is 3.61. The normalized spacial score (nSPS) is 30.0. The fourth-order valence-corrected chi connectivity index (χ4v) is 6.91. The largest absolute Gasteiger partial charge is 0.481 e. The number of hydrogen-bond donors (Lipinski definition) is 3. The highest BCUT2D eigenvalue weighted by atomic mass is 32.1. The highest BCUT2D eigenvalue weighted by Gasteiger charge is 2.48. The maximum Gasteiger partial charge on any atom is 0.307 e. The second-order valence-corrected chi connectivity index (χ2v) is 9.74. The van der Waals surface area contributed by atoms with Crippen LogP contribution in [0.5, 0.6) is 0 Å². The van der Waals surface area contributed by atoms with E-state index in [-0.39, 0.29) is 17.7 Å². The summed E-state index contributed by atoms with van der Waals surface area (Å²) in [5.74, 6) is -2.63. The number of anilines is 1. The molecule has 0 unspecified atom stereocenters. The van der Waals surface area contributed by atoms with Gasteiger partial charge >= 0.3 is 5.97 Å². The van der Waals surface area contributed by atoms with Gasteiger partial charge in [-0.3, -0.25) is 14.4 Å². The molecule has 7 heteroatoms. The van der Waals surface area contributed by atoms with Gasteiger partial charge in [-0.2, -0.15) is 0 Å². The molecule has 0 aromatic carbocycles. The van der Waals surface area contributed by atoms with Gasteiger partial charge in [0.15, 0.2) is 0 Å². The minimum Gasteiger partial charge on any atom is -0.481 e. The molecule has 1 saturated carbocycles. The zero-order valence-electron chi connectivity index (χ0n) is 16.6. The van der Waals surface area contributed by atoms with Crippen LogP contribution in [0.2, 0.25) is 0 Å². The monoisotopic (exact) mass is 416 g/mol. The van der Waals surface area contributed by atoms with Crippen molar-refractivity contribution in [2.45, 2.75) is 51.9 Å². The number of primary amides is 1. The van der Waals surface area contributed by atoms with Gasteiger partial charge in [0, 0.05) is 4.88 Å². The van der Waals surface area contributed by atoms with Gasteiger partial charge in [0.05, 0.1) is 17.4 Å². The molecule has 29 heavy (non-hydrogen) atoms. The standard InChI is InChI=1S/C22H28N2O4S/c1-2-3-11-4-9-14-15(10-11)29-21(18(14)19(23)25)24-20(26)16-12-5-7-13(8-6-12)17(16)22(27)28/h5,7,11-13,16-17H,2-4,6,8-10H2,1H3,(H2,23,25)(H,24,26)(H,27,28)/t11-,12+,13+,16+,17+/m1/s1. The first kappa shape index (κ1) is 20.1. The number of allylic oxidation sites excluding steroid dienone is 2. The van der Waals surface area contributed by atoms with E-state index in [2.05, 4.69) is 12.2 Å². The zero-order valence-corrected chi connectivity index (χ0v) is 17.5. The molecule has 5 atom stereocenters. The molecule has 0 aliphatic heterocycles. The third-order valence-corrected chi connectivity index (χ3v) is 8.05. The fraction of sp³-hybridized carbons (Fsp3) is 0.591. The molecule has 1 heterocycles. The number of aliphatic carboxylic acids is 1. The number of carboxylic acid groups (broad SMARTS) is 1. The van der Waals surface area contributed by atoms with Gasteiger partial charge in [-0.25, -0.2) is 0 Å². The van der Waals surface area contributed by atoms with Crippen molar-refractivity contribution < 1.29 is 19.5 Å². The van der Waals surface area contributed by atoms with Crippen molar-refractivity contribution in [3.8, 4) is 0 Å². The number of fused-ring (bicyclic) bond motifs is 3. The Morgan fingerprint density at radius 1 is 1.17 bits per heavy atom. The topological polar surface area (TPSA) is 109 Å². The number of thiophene rings is 1. The van der Waals surface area contributed by atoms with Gasteiger partial charge < -0.3 is 16.2 Å². The Balaban J connectivity index is 1.61. The summed E-state index contributed by atoms with van der Waals surface area (Å²) < 4.78 is 0. The molecule has 6 nitrogen and oxygen atoms in total. The Labute approximate surface area is 174 Å². The molecule has 0 spiro atoms. The molecule has 2 bridgehead atoms. The van der Waals surface area contributed by atoms with Crippen molar-refractivity contribution >= 4 is 34.1 Å². The fourth-order valence-electron chi connectivity index (χ4n) is 5.54. The first-order valence-corrected chi connectivity index (χ1v) is 11.4. The molecule has 4 aliphatic carbocycles.